The number of nitrogens with one attached hydrogen (secondary N) is 1. The van der Waals surface area contributed by atoms with E-state index in [1.807, 2.05) is 18.3 Å². The van der Waals surface area contributed by atoms with E-state index in [1.54, 1.807) is 6.20 Å². The second-order valence-electron chi connectivity index (χ2n) is 4.66. The molecule has 17 heavy (non-hydrogen) atoms. The minimum Gasteiger partial charge on any atom is -0.383 e. The molecule has 0 amide bonds. The zero-order valence-corrected chi connectivity index (χ0v) is 10.3. The molecule has 2 rings (SSSR count). The summed E-state index contributed by atoms with van der Waals surface area (Å²) in [6.07, 6.45) is 8.73. The van der Waals surface area contributed by atoms with Gasteiger partial charge < -0.3 is 11.2 Å². The van der Waals surface area contributed by atoms with Crippen molar-refractivity contribution in [3.63, 3.8) is 0 Å². The van der Waals surface area contributed by atoms with E-state index in [2.05, 4.69) is 22.4 Å². The summed E-state index contributed by atoms with van der Waals surface area (Å²) in [6, 6.07) is 4.46. The minimum absolute atomic E-state index is 0.192. The fourth-order valence-corrected chi connectivity index (χ4v) is 2.21. The maximum atomic E-state index is 5.82. The molecule has 0 spiro atoms. The first-order chi connectivity index (χ1) is 8.27. The quantitative estimate of drug-likeness (QED) is 0.618. The van der Waals surface area contributed by atoms with Gasteiger partial charge in [0, 0.05) is 29.9 Å². The normalized spacial score (nSPS) is 18.6. The summed E-state index contributed by atoms with van der Waals surface area (Å²) in [4.78, 5) is 4.08. The van der Waals surface area contributed by atoms with Crippen LogP contribution in [0.25, 0.3) is 0 Å². The first-order valence-corrected chi connectivity index (χ1v) is 6.26. The molecule has 1 aromatic rings. The van der Waals surface area contributed by atoms with Crippen molar-refractivity contribution in [3.05, 3.63) is 23.9 Å². The van der Waals surface area contributed by atoms with Crippen LogP contribution in [0, 0.1) is 0 Å². The Morgan fingerprint density at radius 1 is 1.53 bits per heavy atom. The second kappa shape index (κ2) is 5.66. The number of rotatable bonds is 4. The highest BCUT2D eigenvalue weighted by molar-refractivity contribution is 5.69. The van der Waals surface area contributed by atoms with Gasteiger partial charge in [-0.2, -0.15) is 5.10 Å². The summed E-state index contributed by atoms with van der Waals surface area (Å²) >= 11 is 0. The molecule has 0 radical (unpaired) electrons. The Morgan fingerprint density at radius 3 is 3.00 bits per heavy atom. The van der Waals surface area contributed by atoms with Gasteiger partial charge in [0.1, 0.15) is 5.82 Å². The van der Waals surface area contributed by atoms with E-state index in [0.717, 1.165) is 5.56 Å². The fraction of sp³-hybridized carbons (Fsp3) is 0.538. The number of hydrogen-bond donors (Lipinski definition) is 2. The van der Waals surface area contributed by atoms with Crippen molar-refractivity contribution >= 4 is 12.0 Å². The highest BCUT2D eigenvalue weighted by Gasteiger charge is 2.13. The summed E-state index contributed by atoms with van der Waals surface area (Å²) in [5.41, 5.74) is 10.1. The third kappa shape index (κ3) is 3.19. The van der Waals surface area contributed by atoms with E-state index in [0.29, 0.717) is 11.9 Å². The predicted molar refractivity (Wildman–Crippen MR) is 70.9 cm³/mol. The first-order valence-electron chi connectivity index (χ1n) is 6.26. The van der Waals surface area contributed by atoms with Crippen molar-refractivity contribution in [2.24, 2.45) is 5.10 Å². The van der Waals surface area contributed by atoms with Crippen molar-refractivity contribution in [1.82, 2.24) is 10.4 Å². The van der Waals surface area contributed by atoms with Gasteiger partial charge in [0.2, 0.25) is 0 Å². The molecule has 1 heterocycles. The van der Waals surface area contributed by atoms with E-state index in [1.165, 1.54) is 25.7 Å². The molecule has 92 valence electrons. The number of anilines is 1. The van der Waals surface area contributed by atoms with Crippen molar-refractivity contribution in [2.75, 3.05) is 5.73 Å². The number of aromatic nitrogens is 1. The number of nitrogens with two attached hydrogens (primary N) is 1. The molecule has 3 N–H and O–H groups in total. The van der Waals surface area contributed by atoms with Gasteiger partial charge in [-0.25, -0.2) is 4.98 Å². The number of hydrogen-bond acceptors (Lipinski definition) is 4. The van der Waals surface area contributed by atoms with E-state index >= 15 is 0 Å². The molecule has 0 aromatic carbocycles. The average Bonchev–Trinajstić information content (AvgIpc) is 2.82. The molecule has 1 aliphatic rings. The third-order valence-corrected chi connectivity index (χ3v) is 3.27. The van der Waals surface area contributed by atoms with Crippen LogP contribution in [0.2, 0.25) is 0 Å². The Balaban J connectivity index is 1.89. The maximum absolute atomic E-state index is 5.82. The van der Waals surface area contributed by atoms with Crippen molar-refractivity contribution < 1.29 is 0 Å². The van der Waals surface area contributed by atoms with Crippen LogP contribution in [0.4, 0.5) is 5.82 Å². The molecule has 1 aromatic heterocycles. The van der Waals surface area contributed by atoms with Gasteiger partial charge in [-0.3, -0.25) is 0 Å². The van der Waals surface area contributed by atoms with Crippen LogP contribution in [0.3, 0.4) is 0 Å². The number of nitrogen functional groups attached to an aromatic ring is 1. The van der Waals surface area contributed by atoms with Gasteiger partial charge in [-0.05, 0) is 18.9 Å². The van der Waals surface area contributed by atoms with E-state index in [-0.39, 0.29) is 5.92 Å². The van der Waals surface area contributed by atoms with Crippen molar-refractivity contribution in [3.8, 4) is 0 Å². The molecular formula is C13H20N4. The number of hydrazone groups is 1. The molecule has 1 fully saturated rings. The largest absolute Gasteiger partial charge is 0.383 e. The van der Waals surface area contributed by atoms with Gasteiger partial charge in [0.25, 0.3) is 0 Å². The molecule has 0 aliphatic heterocycles. The van der Waals surface area contributed by atoms with Crippen LogP contribution < -0.4 is 11.2 Å². The van der Waals surface area contributed by atoms with Crippen LogP contribution in [0.1, 0.15) is 44.1 Å². The number of pyridine rings is 1. The Bertz CT molecular complexity index is 383. The van der Waals surface area contributed by atoms with Crippen LogP contribution in [0.5, 0.6) is 0 Å². The molecule has 1 saturated carbocycles. The summed E-state index contributed by atoms with van der Waals surface area (Å²) in [5.74, 6) is 0.782. The van der Waals surface area contributed by atoms with Crippen LogP contribution >= 0.6 is 0 Å². The van der Waals surface area contributed by atoms with E-state index in [9.17, 15) is 0 Å². The molecule has 0 saturated heterocycles. The fourth-order valence-electron chi connectivity index (χ4n) is 2.21. The Kier molecular flexibility index (Phi) is 3.96. The minimum atomic E-state index is 0.192. The third-order valence-electron chi connectivity index (χ3n) is 3.27. The van der Waals surface area contributed by atoms with Gasteiger partial charge >= 0.3 is 0 Å². The molecular weight excluding hydrogens is 212 g/mol. The standard InChI is InChI=1S/C13H20N4/c1-10(12-7-4-8-15-13(12)14)9-16-17-11-5-2-3-6-11/h4,7-11,17H,2-3,5-6H2,1H3,(H2,14,15). The molecule has 0 bridgehead atoms. The first kappa shape index (κ1) is 11.9. The summed E-state index contributed by atoms with van der Waals surface area (Å²) in [5, 5.41) is 4.31. The van der Waals surface area contributed by atoms with Crippen LogP contribution in [-0.2, 0) is 0 Å². The lowest BCUT2D eigenvalue weighted by atomic mass is 10.0. The Morgan fingerprint density at radius 2 is 2.29 bits per heavy atom. The van der Waals surface area contributed by atoms with Gasteiger partial charge in [0.15, 0.2) is 0 Å². The van der Waals surface area contributed by atoms with Crippen molar-refractivity contribution in [2.45, 2.75) is 44.6 Å². The zero-order valence-electron chi connectivity index (χ0n) is 10.3. The molecule has 1 atom stereocenters. The van der Waals surface area contributed by atoms with Crippen LogP contribution in [-0.4, -0.2) is 17.2 Å². The molecule has 4 heteroatoms. The predicted octanol–water partition coefficient (Wildman–Crippen LogP) is 2.29. The highest BCUT2D eigenvalue weighted by atomic mass is 15.3. The summed E-state index contributed by atoms with van der Waals surface area (Å²) in [7, 11) is 0. The Hall–Kier alpha value is -1.58. The topological polar surface area (TPSA) is 63.3 Å². The SMILES string of the molecule is CC(C=NNC1CCCC1)c1cccnc1N. The molecule has 1 unspecified atom stereocenters. The van der Waals surface area contributed by atoms with Gasteiger partial charge in [0.05, 0.1) is 0 Å². The smallest absolute Gasteiger partial charge is 0.127 e. The highest BCUT2D eigenvalue weighted by Crippen LogP contribution is 2.19. The summed E-state index contributed by atoms with van der Waals surface area (Å²) in [6.45, 7) is 2.08. The lowest BCUT2D eigenvalue weighted by Crippen LogP contribution is -2.20. The zero-order chi connectivity index (χ0) is 12.1. The molecule has 4 nitrogen and oxygen atoms in total. The van der Waals surface area contributed by atoms with Crippen molar-refractivity contribution in [1.29, 1.82) is 0 Å². The van der Waals surface area contributed by atoms with Gasteiger partial charge in [-0.1, -0.05) is 25.8 Å². The Labute approximate surface area is 102 Å². The lowest BCUT2D eigenvalue weighted by Gasteiger charge is -2.10. The monoisotopic (exact) mass is 232 g/mol. The maximum Gasteiger partial charge on any atom is 0.127 e. The second-order valence-corrected chi connectivity index (χ2v) is 4.66. The number of nitrogens with zero attached hydrogens (tertiary/aromatic N) is 2. The van der Waals surface area contributed by atoms with E-state index < -0.39 is 0 Å². The van der Waals surface area contributed by atoms with Crippen LogP contribution in [0.15, 0.2) is 23.4 Å². The molecule has 1 aliphatic carbocycles. The lowest BCUT2D eigenvalue weighted by molar-refractivity contribution is 0.547. The van der Waals surface area contributed by atoms with Gasteiger partial charge in [-0.15, -0.1) is 0 Å². The summed E-state index contributed by atoms with van der Waals surface area (Å²) < 4.78 is 0. The average molecular weight is 232 g/mol. The van der Waals surface area contributed by atoms with E-state index in [4.69, 9.17) is 5.73 Å².